The molecule has 0 spiro atoms. The summed E-state index contributed by atoms with van der Waals surface area (Å²) in [6, 6.07) is 4.67. The number of carbonyl (C=O) groups is 1. The normalized spacial score (nSPS) is 10.9. The molecule has 0 aliphatic rings. The van der Waals surface area contributed by atoms with Gasteiger partial charge in [0.05, 0.1) is 26.1 Å². The lowest BCUT2D eigenvalue weighted by Gasteiger charge is -2.10. The number of nitrogens with one attached hydrogen (secondary N) is 2. The molecular weight excluding hydrogens is 342 g/mol. The first-order valence-corrected chi connectivity index (χ1v) is 8.63. The first-order chi connectivity index (χ1) is 10.8. The van der Waals surface area contributed by atoms with E-state index in [0.717, 1.165) is 11.3 Å². The summed E-state index contributed by atoms with van der Waals surface area (Å²) in [5.41, 5.74) is 0.288. The van der Waals surface area contributed by atoms with Gasteiger partial charge in [0.25, 0.3) is 10.0 Å². The molecule has 10 heteroatoms. The highest BCUT2D eigenvalue weighted by Crippen LogP contribution is 2.29. The molecule has 0 saturated heterocycles. The highest BCUT2D eigenvalue weighted by Gasteiger charge is 2.19. The van der Waals surface area contributed by atoms with E-state index in [4.69, 9.17) is 9.47 Å². The lowest BCUT2D eigenvalue weighted by Crippen LogP contribution is -2.11. The van der Waals surface area contributed by atoms with Crippen molar-refractivity contribution in [3.63, 3.8) is 0 Å². The first-order valence-electron chi connectivity index (χ1n) is 6.33. The molecule has 1 amide bonds. The Balaban J connectivity index is 2.27. The zero-order chi connectivity index (χ0) is 17.0. The molecule has 0 fully saturated rings. The average molecular weight is 357 g/mol. The van der Waals surface area contributed by atoms with Crippen LogP contribution >= 0.6 is 11.3 Å². The van der Waals surface area contributed by atoms with Crippen LogP contribution < -0.4 is 19.5 Å². The van der Waals surface area contributed by atoms with Gasteiger partial charge < -0.3 is 14.8 Å². The minimum atomic E-state index is -3.83. The third-order valence-electron chi connectivity index (χ3n) is 2.64. The Morgan fingerprint density at radius 3 is 2.30 bits per heavy atom. The lowest BCUT2D eigenvalue weighted by atomic mass is 10.3. The van der Waals surface area contributed by atoms with E-state index >= 15 is 0 Å². The van der Waals surface area contributed by atoms with Crippen LogP contribution in [0.5, 0.6) is 11.5 Å². The topological polar surface area (TPSA) is 107 Å². The van der Waals surface area contributed by atoms with Gasteiger partial charge in [0, 0.05) is 25.1 Å². The van der Waals surface area contributed by atoms with E-state index in [2.05, 4.69) is 15.0 Å². The number of ether oxygens (including phenoxy) is 2. The number of benzene rings is 1. The van der Waals surface area contributed by atoms with Gasteiger partial charge in [-0.2, -0.15) is 0 Å². The molecule has 2 rings (SSSR count). The molecule has 0 aliphatic heterocycles. The second-order valence-corrected chi connectivity index (χ2v) is 7.31. The fraction of sp³-hybridized carbons (Fsp3) is 0.231. The highest BCUT2D eigenvalue weighted by molar-refractivity contribution is 7.94. The van der Waals surface area contributed by atoms with Crippen molar-refractivity contribution in [2.24, 2.45) is 0 Å². The van der Waals surface area contributed by atoms with Crippen LogP contribution in [-0.2, 0) is 14.8 Å². The first kappa shape index (κ1) is 17.0. The van der Waals surface area contributed by atoms with Crippen LogP contribution in [0.15, 0.2) is 28.6 Å². The SMILES string of the molecule is COc1cc(NS(=O)(=O)c2cnc(NC(C)=O)s2)cc(OC)c1. The summed E-state index contributed by atoms with van der Waals surface area (Å²) >= 11 is 0.851. The zero-order valence-corrected chi connectivity index (χ0v) is 14.2. The minimum absolute atomic E-state index is 0.0250. The van der Waals surface area contributed by atoms with E-state index in [1.807, 2.05) is 0 Å². The maximum atomic E-state index is 12.4. The van der Waals surface area contributed by atoms with E-state index < -0.39 is 10.0 Å². The van der Waals surface area contributed by atoms with Crippen LogP contribution in [0.4, 0.5) is 10.8 Å². The molecule has 0 unspecified atom stereocenters. The van der Waals surface area contributed by atoms with Crippen LogP contribution in [-0.4, -0.2) is 33.5 Å². The Hall–Kier alpha value is -2.33. The van der Waals surface area contributed by atoms with Crippen molar-refractivity contribution in [1.29, 1.82) is 0 Å². The minimum Gasteiger partial charge on any atom is -0.497 e. The maximum absolute atomic E-state index is 12.4. The molecule has 0 radical (unpaired) electrons. The van der Waals surface area contributed by atoms with Gasteiger partial charge in [-0.15, -0.1) is 0 Å². The molecule has 8 nitrogen and oxygen atoms in total. The number of aromatic nitrogens is 1. The zero-order valence-electron chi connectivity index (χ0n) is 12.6. The van der Waals surface area contributed by atoms with Gasteiger partial charge in [0.1, 0.15) is 11.5 Å². The molecule has 124 valence electrons. The van der Waals surface area contributed by atoms with Gasteiger partial charge in [-0.25, -0.2) is 13.4 Å². The number of hydrogen-bond acceptors (Lipinski definition) is 7. The quantitative estimate of drug-likeness (QED) is 0.818. The molecule has 1 aromatic carbocycles. The molecule has 2 N–H and O–H groups in total. The van der Waals surface area contributed by atoms with E-state index in [1.54, 1.807) is 6.07 Å². The van der Waals surface area contributed by atoms with Crippen molar-refractivity contribution in [2.75, 3.05) is 24.3 Å². The number of methoxy groups -OCH3 is 2. The fourth-order valence-electron chi connectivity index (χ4n) is 1.66. The Bertz CT molecular complexity index is 795. The van der Waals surface area contributed by atoms with Gasteiger partial charge in [-0.1, -0.05) is 11.3 Å². The number of thiazole rings is 1. The van der Waals surface area contributed by atoms with E-state index in [1.165, 1.54) is 39.5 Å². The smallest absolute Gasteiger partial charge is 0.273 e. The summed E-state index contributed by atoms with van der Waals surface area (Å²) in [7, 11) is -0.898. The molecule has 0 aliphatic carbocycles. The van der Waals surface area contributed by atoms with Crippen molar-refractivity contribution in [1.82, 2.24) is 4.98 Å². The summed E-state index contributed by atoms with van der Waals surface area (Å²) in [4.78, 5) is 14.8. The Kier molecular flexibility index (Phi) is 5.06. The van der Waals surface area contributed by atoms with Crippen molar-refractivity contribution in [2.45, 2.75) is 11.1 Å². The summed E-state index contributed by atoms with van der Waals surface area (Å²) in [6.45, 7) is 1.32. The van der Waals surface area contributed by atoms with Crippen LogP contribution in [0.3, 0.4) is 0 Å². The van der Waals surface area contributed by atoms with Crippen molar-refractivity contribution in [3.05, 3.63) is 24.4 Å². The molecule has 2 aromatic rings. The second kappa shape index (κ2) is 6.84. The summed E-state index contributed by atoms with van der Waals surface area (Å²) in [5.74, 6) is 0.573. The van der Waals surface area contributed by atoms with Crippen LogP contribution in [0.25, 0.3) is 0 Å². The molecule has 0 bridgehead atoms. The fourth-order valence-corrected chi connectivity index (χ4v) is 3.78. The number of carbonyl (C=O) groups excluding carboxylic acids is 1. The van der Waals surface area contributed by atoms with Crippen molar-refractivity contribution >= 4 is 38.1 Å². The van der Waals surface area contributed by atoms with Gasteiger partial charge in [-0.3, -0.25) is 9.52 Å². The third kappa shape index (κ3) is 4.33. The molecule has 23 heavy (non-hydrogen) atoms. The molecule has 0 saturated carbocycles. The van der Waals surface area contributed by atoms with E-state index in [-0.39, 0.29) is 20.9 Å². The van der Waals surface area contributed by atoms with Crippen LogP contribution in [0.2, 0.25) is 0 Å². The standard InChI is InChI=1S/C13H15N3O5S2/c1-8(17)15-13-14-7-12(22-13)23(18,19)16-9-4-10(20-2)6-11(5-9)21-3/h4-7,16H,1-3H3,(H,14,15,17). The summed E-state index contributed by atoms with van der Waals surface area (Å²) in [6.07, 6.45) is 1.18. The van der Waals surface area contributed by atoms with E-state index in [9.17, 15) is 13.2 Å². The summed E-state index contributed by atoms with van der Waals surface area (Å²) in [5, 5.41) is 2.64. The number of hydrogen-bond donors (Lipinski definition) is 2. The number of sulfonamides is 1. The third-order valence-corrected chi connectivity index (χ3v) is 5.39. The lowest BCUT2D eigenvalue weighted by molar-refractivity contribution is -0.114. The predicted octanol–water partition coefficient (Wildman–Crippen LogP) is 1.92. The van der Waals surface area contributed by atoms with Gasteiger partial charge in [0.15, 0.2) is 9.34 Å². The molecule has 1 aromatic heterocycles. The Labute approximate surface area is 137 Å². The van der Waals surface area contributed by atoms with Crippen molar-refractivity contribution < 1.29 is 22.7 Å². The molecular formula is C13H15N3O5S2. The van der Waals surface area contributed by atoms with Gasteiger partial charge in [0.2, 0.25) is 5.91 Å². The number of rotatable bonds is 6. The predicted molar refractivity (Wildman–Crippen MR) is 86.8 cm³/mol. The van der Waals surface area contributed by atoms with Crippen LogP contribution in [0.1, 0.15) is 6.92 Å². The molecule has 0 atom stereocenters. The monoisotopic (exact) mass is 357 g/mol. The molecule has 1 heterocycles. The maximum Gasteiger partial charge on any atom is 0.273 e. The number of amides is 1. The number of anilines is 2. The van der Waals surface area contributed by atoms with Crippen molar-refractivity contribution in [3.8, 4) is 11.5 Å². The Morgan fingerprint density at radius 1 is 1.17 bits per heavy atom. The Morgan fingerprint density at radius 2 is 1.78 bits per heavy atom. The van der Waals surface area contributed by atoms with Gasteiger partial charge in [-0.05, 0) is 0 Å². The second-order valence-electron chi connectivity index (χ2n) is 4.37. The van der Waals surface area contributed by atoms with Crippen LogP contribution in [0, 0.1) is 0 Å². The van der Waals surface area contributed by atoms with E-state index in [0.29, 0.717) is 11.5 Å². The highest BCUT2D eigenvalue weighted by atomic mass is 32.2. The largest absolute Gasteiger partial charge is 0.497 e. The van der Waals surface area contributed by atoms with Gasteiger partial charge >= 0.3 is 0 Å². The number of nitrogens with zero attached hydrogens (tertiary/aromatic N) is 1. The summed E-state index contributed by atoms with van der Waals surface area (Å²) < 4.78 is 37.3. The average Bonchev–Trinajstić information content (AvgIpc) is 2.94.